The molecule has 0 unspecified atom stereocenters. The van der Waals surface area contributed by atoms with Gasteiger partial charge in [-0.1, -0.05) is 36.0 Å². The Hall–Kier alpha value is -4.00. The Morgan fingerprint density at radius 2 is 1.65 bits per heavy atom. The van der Waals surface area contributed by atoms with Crippen molar-refractivity contribution < 1.29 is 32.2 Å². The van der Waals surface area contributed by atoms with Gasteiger partial charge in [0.2, 0.25) is 0 Å². The van der Waals surface area contributed by atoms with Gasteiger partial charge in [-0.2, -0.15) is 0 Å². The minimum atomic E-state index is -3.81. The van der Waals surface area contributed by atoms with Gasteiger partial charge in [0.15, 0.2) is 0 Å². The number of sulfonamides is 1. The van der Waals surface area contributed by atoms with Gasteiger partial charge >= 0.3 is 0 Å². The lowest BCUT2D eigenvalue weighted by atomic mass is 10.2. The second-order valence-corrected chi connectivity index (χ2v) is 11.3. The number of imide groups is 1. The van der Waals surface area contributed by atoms with Crippen LogP contribution in [0.3, 0.4) is 0 Å². The van der Waals surface area contributed by atoms with Crippen LogP contribution in [0.15, 0.2) is 93.2 Å². The van der Waals surface area contributed by atoms with E-state index in [4.69, 9.17) is 14.2 Å². The Labute approximate surface area is 237 Å². The second-order valence-electron chi connectivity index (χ2n) is 8.55. The van der Waals surface area contributed by atoms with Gasteiger partial charge in [-0.3, -0.25) is 19.2 Å². The van der Waals surface area contributed by atoms with E-state index in [9.17, 15) is 18.0 Å². The van der Waals surface area contributed by atoms with Gasteiger partial charge in [-0.25, -0.2) is 8.42 Å². The molecule has 210 valence electrons. The molecular formula is C28H29N3O7S2. The zero-order valence-corrected chi connectivity index (χ0v) is 23.8. The molecule has 2 amide bonds. The number of amides is 2. The summed E-state index contributed by atoms with van der Waals surface area (Å²) in [5.41, 5.74) is 0.876. The van der Waals surface area contributed by atoms with Gasteiger partial charge in [-0.15, -0.1) is 0 Å². The number of anilines is 2. The average Bonchev–Trinajstić information content (AvgIpc) is 3.17. The Morgan fingerprint density at radius 1 is 0.875 bits per heavy atom. The zero-order valence-electron chi connectivity index (χ0n) is 22.2. The lowest BCUT2D eigenvalue weighted by molar-refractivity contribution is -0.137. The molecule has 3 aromatic carbocycles. The number of ether oxygens (including phenoxy) is 3. The summed E-state index contributed by atoms with van der Waals surface area (Å²) in [5, 5.41) is 3.08. The fourth-order valence-corrected chi connectivity index (χ4v) is 6.00. The molecule has 0 aromatic heterocycles. The Bertz CT molecular complexity index is 1530. The van der Waals surface area contributed by atoms with Crippen LogP contribution in [-0.2, 0) is 24.3 Å². The van der Waals surface area contributed by atoms with Crippen molar-refractivity contribution in [1.29, 1.82) is 0 Å². The maximum atomic E-state index is 13.5. The highest BCUT2D eigenvalue weighted by atomic mass is 32.2. The average molecular weight is 584 g/mol. The standard InChI is InChI=1S/C28H29N3O7S2/c1-36-16-8-15-31-27(32)25(29-23-14-13-20(37-2)18-24(23)38-3)26(28(31)33)39-21-10-7-9-19(17-21)30-40(34,35)22-11-5-4-6-12-22/h4-7,9-14,17-18,29-30H,8,15-16H2,1-3H3. The number of benzene rings is 3. The van der Waals surface area contributed by atoms with E-state index in [1.807, 2.05) is 0 Å². The molecule has 40 heavy (non-hydrogen) atoms. The Balaban J connectivity index is 1.65. The third-order valence-electron chi connectivity index (χ3n) is 5.88. The van der Waals surface area contributed by atoms with E-state index < -0.39 is 21.8 Å². The lowest BCUT2D eigenvalue weighted by Crippen LogP contribution is -2.33. The molecule has 10 nitrogen and oxygen atoms in total. The van der Waals surface area contributed by atoms with E-state index in [2.05, 4.69) is 10.0 Å². The van der Waals surface area contributed by atoms with Crippen LogP contribution >= 0.6 is 11.8 Å². The van der Waals surface area contributed by atoms with Gasteiger partial charge in [0.05, 0.1) is 24.8 Å². The van der Waals surface area contributed by atoms with Crippen molar-refractivity contribution in [3.8, 4) is 11.5 Å². The van der Waals surface area contributed by atoms with Crippen molar-refractivity contribution in [2.45, 2.75) is 16.2 Å². The molecule has 0 fully saturated rings. The number of rotatable bonds is 13. The maximum absolute atomic E-state index is 13.5. The van der Waals surface area contributed by atoms with Crippen LogP contribution in [0.25, 0.3) is 0 Å². The number of hydrogen-bond donors (Lipinski definition) is 2. The molecule has 2 N–H and O–H groups in total. The van der Waals surface area contributed by atoms with Crippen LogP contribution in [-0.4, -0.2) is 59.6 Å². The summed E-state index contributed by atoms with van der Waals surface area (Å²) in [4.78, 5) is 28.9. The highest BCUT2D eigenvalue weighted by molar-refractivity contribution is 8.04. The normalized spacial score (nSPS) is 13.5. The Kier molecular flexibility index (Phi) is 9.35. The topological polar surface area (TPSA) is 123 Å². The van der Waals surface area contributed by atoms with Gasteiger partial charge in [0, 0.05) is 36.9 Å². The summed E-state index contributed by atoms with van der Waals surface area (Å²) >= 11 is 1.06. The van der Waals surface area contributed by atoms with Gasteiger partial charge in [0.25, 0.3) is 21.8 Å². The van der Waals surface area contributed by atoms with Crippen LogP contribution in [0.1, 0.15) is 6.42 Å². The molecule has 0 spiro atoms. The quantitative estimate of drug-likeness (QED) is 0.224. The third kappa shape index (κ3) is 6.58. The summed E-state index contributed by atoms with van der Waals surface area (Å²) in [6, 6.07) is 19.7. The number of methoxy groups -OCH3 is 3. The Morgan fingerprint density at radius 3 is 2.35 bits per heavy atom. The molecule has 0 bridgehead atoms. The lowest BCUT2D eigenvalue weighted by Gasteiger charge is -2.15. The van der Waals surface area contributed by atoms with E-state index >= 15 is 0 Å². The first-order chi connectivity index (χ1) is 19.3. The molecule has 0 saturated heterocycles. The number of carbonyl (C=O) groups excluding carboxylic acids is 2. The minimum absolute atomic E-state index is 0.0890. The van der Waals surface area contributed by atoms with Crippen molar-refractivity contribution in [2.75, 3.05) is 44.5 Å². The number of thioether (sulfide) groups is 1. The van der Waals surface area contributed by atoms with Crippen LogP contribution in [0, 0.1) is 0 Å². The second kappa shape index (κ2) is 12.9. The van der Waals surface area contributed by atoms with E-state index in [1.54, 1.807) is 67.8 Å². The van der Waals surface area contributed by atoms with E-state index in [0.717, 1.165) is 11.8 Å². The van der Waals surface area contributed by atoms with E-state index in [1.165, 1.54) is 31.3 Å². The number of nitrogens with zero attached hydrogens (tertiary/aromatic N) is 1. The summed E-state index contributed by atoms with van der Waals surface area (Å²) < 4.78 is 44.0. The summed E-state index contributed by atoms with van der Waals surface area (Å²) in [7, 11) is 0.761. The number of carbonyl (C=O) groups is 2. The van der Waals surface area contributed by atoms with Crippen molar-refractivity contribution in [2.24, 2.45) is 0 Å². The predicted octanol–water partition coefficient (Wildman–Crippen LogP) is 4.33. The molecule has 4 rings (SSSR count). The first-order valence-corrected chi connectivity index (χ1v) is 14.5. The van der Waals surface area contributed by atoms with Crippen LogP contribution in [0.4, 0.5) is 11.4 Å². The van der Waals surface area contributed by atoms with Gasteiger partial charge in [-0.05, 0) is 48.9 Å². The fraction of sp³-hybridized carbons (Fsp3) is 0.214. The zero-order chi connectivity index (χ0) is 28.7. The predicted molar refractivity (Wildman–Crippen MR) is 153 cm³/mol. The highest BCUT2D eigenvalue weighted by Crippen LogP contribution is 2.39. The van der Waals surface area contributed by atoms with Crippen LogP contribution in [0.2, 0.25) is 0 Å². The summed E-state index contributed by atoms with van der Waals surface area (Å²) in [6.07, 6.45) is 0.474. The molecule has 0 radical (unpaired) electrons. The van der Waals surface area contributed by atoms with E-state index in [-0.39, 0.29) is 22.0 Å². The van der Waals surface area contributed by atoms with Crippen molar-refractivity contribution in [3.05, 3.63) is 83.4 Å². The molecule has 3 aromatic rings. The molecule has 0 aliphatic carbocycles. The molecule has 0 saturated carbocycles. The number of nitrogens with one attached hydrogen (secondary N) is 2. The van der Waals surface area contributed by atoms with Crippen molar-refractivity contribution in [3.63, 3.8) is 0 Å². The van der Waals surface area contributed by atoms with Crippen LogP contribution in [0.5, 0.6) is 11.5 Å². The molecule has 1 aliphatic rings. The summed E-state index contributed by atoms with van der Waals surface area (Å²) in [5.74, 6) is 0.0427. The van der Waals surface area contributed by atoms with E-state index in [0.29, 0.717) is 40.8 Å². The van der Waals surface area contributed by atoms with Crippen molar-refractivity contribution in [1.82, 2.24) is 4.90 Å². The van der Waals surface area contributed by atoms with Gasteiger partial charge in [0.1, 0.15) is 22.1 Å². The molecule has 0 atom stereocenters. The van der Waals surface area contributed by atoms with Crippen LogP contribution < -0.4 is 19.5 Å². The molecule has 12 heteroatoms. The first-order valence-electron chi connectivity index (χ1n) is 12.2. The SMILES string of the molecule is COCCCN1C(=O)C(Nc2ccc(OC)cc2OC)=C(Sc2cccc(NS(=O)(=O)c3ccccc3)c2)C1=O. The van der Waals surface area contributed by atoms with Crippen molar-refractivity contribution >= 4 is 45.0 Å². The maximum Gasteiger partial charge on any atom is 0.278 e. The molecular weight excluding hydrogens is 554 g/mol. The fourth-order valence-electron chi connectivity index (χ4n) is 3.92. The molecule has 1 aliphatic heterocycles. The molecule has 1 heterocycles. The first kappa shape index (κ1) is 29.0. The van der Waals surface area contributed by atoms with Gasteiger partial charge < -0.3 is 19.5 Å². The summed E-state index contributed by atoms with van der Waals surface area (Å²) in [6.45, 7) is 0.565. The largest absolute Gasteiger partial charge is 0.497 e. The monoisotopic (exact) mass is 583 g/mol. The smallest absolute Gasteiger partial charge is 0.278 e. The minimum Gasteiger partial charge on any atom is -0.497 e. The third-order valence-corrected chi connectivity index (χ3v) is 8.35. The number of hydrogen-bond acceptors (Lipinski definition) is 9. The highest BCUT2D eigenvalue weighted by Gasteiger charge is 2.39.